The second-order valence-electron chi connectivity index (χ2n) is 9.15. The van der Waals surface area contributed by atoms with Crippen LogP contribution in [0.5, 0.6) is 0 Å². The van der Waals surface area contributed by atoms with E-state index >= 15 is 0 Å². The number of nitrogens with zero attached hydrogens (tertiary/aromatic N) is 4. The smallest absolute Gasteiger partial charge is 0.229 e. The molecule has 3 heterocycles. The van der Waals surface area contributed by atoms with Gasteiger partial charge in [-0.3, -0.25) is 0 Å². The summed E-state index contributed by atoms with van der Waals surface area (Å²) < 4.78 is 5.71. The number of aryl methyl sites for hydroxylation is 1. The minimum atomic E-state index is 0.169. The van der Waals surface area contributed by atoms with Crippen LogP contribution in [0, 0.1) is 0 Å². The first-order valence-corrected chi connectivity index (χ1v) is 12.1. The van der Waals surface area contributed by atoms with Crippen LogP contribution in [0.1, 0.15) is 63.0 Å². The first kappa shape index (κ1) is 21.1. The molecule has 1 aliphatic carbocycles. The molecule has 1 N–H and O–H groups in total. The topological polar surface area (TPSA) is 63.2 Å². The fraction of sp³-hybridized carbons (Fsp3) is 0.500. The van der Waals surface area contributed by atoms with Crippen molar-refractivity contribution in [1.29, 1.82) is 0 Å². The van der Waals surface area contributed by atoms with E-state index in [0.29, 0.717) is 18.5 Å². The molecule has 2 aliphatic rings. The van der Waals surface area contributed by atoms with Gasteiger partial charge in [0.25, 0.3) is 0 Å². The molecule has 3 aromatic rings. The lowest BCUT2D eigenvalue weighted by Crippen LogP contribution is -2.42. The van der Waals surface area contributed by atoms with Crippen LogP contribution in [0.3, 0.4) is 0 Å². The largest absolute Gasteiger partial charge is 0.375 e. The van der Waals surface area contributed by atoms with Crippen LogP contribution in [-0.2, 0) is 11.2 Å². The zero-order chi connectivity index (χ0) is 21.9. The third-order valence-electron chi connectivity index (χ3n) is 6.78. The molecule has 5 rings (SSSR count). The second kappa shape index (κ2) is 9.41. The molecule has 32 heavy (non-hydrogen) atoms. The van der Waals surface area contributed by atoms with Crippen LogP contribution in [0.2, 0.25) is 0 Å². The summed E-state index contributed by atoms with van der Waals surface area (Å²) in [5.41, 5.74) is 4.42. The molecule has 6 heteroatoms. The highest BCUT2D eigenvalue weighted by Crippen LogP contribution is 2.34. The molecule has 2 aromatic heterocycles. The van der Waals surface area contributed by atoms with Gasteiger partial charge in [-0.1, -0.05) is 38.3 Å². The summed E-state index contributed by atoms with van der Waals surface area (Å²) in [7, 11) is 0. The van der Waals surface area contributed by atoms with Crippen LogP contribution in [0.4, 0.5) is 17.5 Å². The van der Waals surface area contributed by atoms with Gasteiger partial charge in [0.2, 0.25) is 5.95 Å². The Morgan fingerprint density at radius 1 is 1.09 bits per heavy atom. The maximum atomic E-state index is 5.71. The second-order valence-corrected chi connectivity index (χ2v) is 9.15. The van der Waals surface area contributed by atoms with E-state index in [1.54, 1.807) is 0 Å². The van der Waals surface area contributed by atoms with E-state index in [9.17, 15) is 0 Å². The van der Waals surface area contributed by atoms with Gasteiger partial charge < -0.3 is 15.0 Å². The Labute approximate surface area is 190 Å². The van der Waals surface area contributed by atoms with Gasteiger partial charge in [0, 0.05) is 25.0 Å². The molecule has 1 aromatic carbocycles. The van der Waals surface area contributed by atoms with Crippen molar-refractivity contribution in [3.63, 3.8) is 0 Å². The number of ether oxygens (including phenoxy) is 1. The monoisotopic (exact) mass is 431 g/mol. The third kappa shape index (κ3) is 4.56. The zero-order valence-corrected chi connectivity index (χ0v) is 19.2. The van der Waals surface area contributed by atoms with E-state index in [2.05, 4.69) is 59.4 Å². The van der Waals surface area contributed by atoms with Gasteiger partial charge in [0.05, 0.1) is 18.1 Å². The molecular weight excluding hydrogens is 398 g/mol. The number of rotatable bonds is 5. The van der Waals surface area contributed by atoms with Crippen LogP contribution < -0.4 is 10.2 Å². The molecule has 1 atom stereocenters. The molecule has 1 saturated heterocycles. The van der Waals surface area contributed by atoms with Crippen molar-refractivity contribution < 1.29 is 4.74 Å². The quantitative estimate of drug-likeness (QED) is 0.567. The molecule has 0 amide bonds. The van der Waals surface area contributed by atoms with Gasteiger partial charge in [-0.2, -0.15) is 9.97 Å². The molecule has 1 aliphatic heterocycles. The van der Waals surface area contributed by atoms with Gasteiger partial charge in [-0.25, -0.2) is 4.98 Å². The molecular formula is C26H33N5O. The van der Waals surface area contributed by atoms with Crippen LogP contribution >= 0.6 is 0 Å². The van der Waals surface area contributed by atoms with Crippen molar-refractivity contribution in [1.82, 2.24) is 15.0 Å². The predicted molar refractivity (Wildman–Crippen MR) is 130 cm³/mol. The van der Waals surface area contributed by atoms with Crippen molar-refractivity contribution in [2.24, 2.45) is 0 Å². The summed E-state index contributed by atoms with van der Waals surface area (Å²) in [5, 5.41) is 4.53. The fourth-order valence-corrected chi connectivity index (χ4v) is 4.89. The Bertz CT molecular complexity index is 1060. The van der Waals surface area contributed by atoms with E-state index in [4.69, 9.17) is 14.7 Å². The number of morpholine rings is 1. The predicted octanol–water partition coefficient (Wildman–Crippen LogP) is 5.60. The Morgan fingerprint density at radius 2 is 1.91 bits per heavy atom. The first-order chi connectivity index (χ1) is 15.7. The van der Waals surface area contributed by atoms with E-state index in [1.165, 1.54) is 43.2 Å². The number of hydrogen-bond donors (Lipinski definition) is 1. The van der Waals surface area contributed by atoms with Gasteiger partial charge >= 0.3 is 0 Å². The lowest BCUT2D eigenvalue weighted by molar-refractivity contribution is 0.0526. The summed E-state index contributed by atoms with van der Waals surface area (Å²) in [4.78, 5) is 16.6. The average molecular weight is 432 g/mol. The summed E-state index contributed by atoms with van der Waals surface area (Å²) in [6.45, 7) is 6.50. The van der Waals surface area contributed by atoms with Crippen molar-refractivity contribution >= 4 is 28.5 Å². The van der Waals surface area contributed by atoms with Gasteiger partial charge in [-0.05, 0) is 61.4 Å². The lowest BCUT2D eigenvalue weighted by atomic mass is 9.84. The van der Waals surface area contributed by atoms with Gasteiger partial charge in [0.1, 0.15) is 5.82 Å². The molecule has 0 spiro atoms. The van der Waals surface area contributed by atoms with Crippen LogP contribution in [0.15, 0.2) is 36.5 Å². The minimum Gasteiger partial charge on any atom is -0.375 e. The number of nitrogens with one attached hydrogen (secondary N) is 1. The maximum absolute atomic E-state index is 5.71. The fourth-order valence-electron chi connectivity index (χ4n) is 4.89. The highest BCUT2D eigenvalue weighted by atomic mass is 16.5. The molecule has 6 nitrogen and oxygen atoms in total. The van der Waals surface area contributed by atoms with Crippen molar-refractivity contribution in [3.8, 4) is 0 Å². The van der Waals surface area contributed by atoms with Crippen LogP contribution in [-0.4, -0.2) is 40.8 Å². The Kier molecular flexibility index (Phi) is 6.21. The van der Waals surface area contributed by atoms with E-state index in [-0.39, 0.29) is 6.10 Å². The summed E-state index contributed by atoms with van der Waals surface area (Å²) in [6.07, 6.45) is 9.74. The van der Waals surface area contributed by atoms with Crippen molar-refractivity contribution in [3.05, 3.63) is 47.7 Å². The third-order valence-corrected chi connectivity index (χ3v) is 6.78. The van der Waals surface area contributed by atoms with E-state index in [0.717, 1.165) is 42.0 Å². The average Bonchev–Trinajstić information content (AvgIpc) is 2.84. The molecule has 168 valence electrons. The number of aromatic nitrogens is 3. The number of benzene rings is 1. The van der Waals surface area contributed by atoms with Crippen LogP contribution in [0.25, 0.3) is 11.0 Å². The van der Waals surface area contributed by atoms with Gasteiger partial charge in [0.15, 0.2) is 5.65 Å². The van der Waals surface area contributed by atoms with Crippen molar-refractivity contribution in [2.45, 2.75) is 64.4 Å². The highest BCUT2D eigenvalue weighted by Gasteiger charge is 2.21. The number of pyridine rings is 1. The highest BCUT2D eigenvalue weighted by molar-refractivity contribution is 5.90. The summed E-state index contributed by atoms with van der Waals surface area (Å²) >= 11 is 0. The standard InChI is InChI=1S/C26H33N5O/c1-3-19-15-23-24(27-16-19)29-26(31-13-14-32-18(2)17-31)30-25(23)28-22-11-9-21(10-12-22)20-7-5-4-6-8-20/h9-12,15-16,18,20H,3-8,13-14,17H2,1-2H3,(H,27,28,29,30). The molecule has 2 fully saturated rings. The molecule has 0 bridgehead atoms. The first-order valence-electron chi connectivity index (χ1n) is 12.1. The molecule has 0 radical (unpaired) electrons. The Balaban J connectivity index is 1.46. The molecule has 1 saturated carbocycles. The molecule has 1 unspecified atom stereocenters. The zero-order valence-electron chi connectivity index (χ0n) is 19.2. The van der Waals surface area contributed by atoms with Gasteiger partial charge in [-0.15, -0.1) is 0 Å². The SMILES string of the molecule is CCc1cnc2nc(N3CCOC(C)C3)nc(Nc3ccc(C4CCCCC4)cc3)c2c1. The minimum absolute atomic E-state index is 0.169. The Hall–Kier alpha value is -2.73. The van der Waals surface area contributed by atoms with E-state index < -0.39 is 0 Å². The normalized spacial score (nSPS) is 19.9. The van der Waals surface area contributed by atoms with E-state index in [1.807, 2.05) is 6.20 Å². The number of hydrogen-bond acceptors (Lipinski definition) is 6. The summed E-state index contributed by atoms with van der Waals surface area (Å²) in [6, 6.07) is 11.1. The Morgan fingerprint density at radius 3 is 2.66 bits per heavy atom. The number of fused-ring (bicyclic) bond motifs is 1. The van der Waals surface area contributed by atoms with Crippen molar-refractivity contribution in [2.75, 3.05) is 29.9 Å². The summed E-state index contributed by atoms with van der Waals surface area (Å²) in [5.74, 6) is 2.24. The maximum Gasteiger partial charge on any atom is 0.229 e. The number of anilines is 3. The lowest BCUT2D eigenvalue weighted by Gasteiger charge is -2.31.